The second-order valence-corrected chi connectivity index (χ2v) is 2.68. The Morgan fingerprint density at radius 3 is 2.69 bits per heavy atom. The van der Waals surface area contributed by atoms with Gasteiger partial charge in [0.2, 0.25) is 0 Å². The van der Waals surface area contributed by atoms with Crippen molar-refractivity contribution < 1.29 is 9.53 Å². The Hall–Kier alpha value is -1.36. The molecule has 13 heavy (non-hydrogen) atoms. The Bertz CT molecular complexity index is 354. The van der Waals surface area contributed by atoms with Gasteiger partial charge in [-0.15, -0.1) is 0 Å². The van der Waals surface area contributed by atoms with Crippen LogP contribution in [0.5, 0.6) is 0 Å². The number of halogens is 1. The average molecular weight is 202 g/mol. The summed E-state index contributed by atoms with van der Waals surface area (Å²) in [6.45, 7) is 1.60. The van der Waals surface area contributed by atoms with Gasteiger partial charge >= 0.3 is 5.97 Å². The second kappa shape index (κ2) is 3.57. The molecular formula is C7H8ClN3O2. The van der Waals surface area contributed by atoms with Crippen LogP contribution >= 0.6 is 11.6 Å². The second-order valence-electron chi connectivity index (χ2n) is 2.33. The number of nitrogen functional groups attached to an aromatic ring is 1. The molecular weight excluding hydrogens is 194 g/mol. The predicted molar refractivity (Wildman–Crippen MR) is 47.5 cm³/mol. The molecule has 1 aromatic heterocycles. The lowest BCUT2D eigenvalue weighted by atomic mass is 10.3. The van der Waals surface area contributed by atoms with E-state index in [4.69, 9.17) is 17.3 Å². The van der Waals surface area contributed by atoms with Crippen LogP contribution in [0.2, 0.25) is 5.15 Å². The Morgan fingerprint density at radius 1 is 1.54 bits per heavy atom. The van der Waals surface area contributed by atoms with Crippen LogP contribution in [-0.2, 0) is 4.74 Å². The number of carbonyl (C=O) groups excluding carboxylic acids is 1. The van der Waals surface area contributed by atoms with Crippen LogP contribution in [0.4, 0.5) is 5.82 Å². The maximum absolute atomic E-state index is 11.1. The number of nitrogens with zero attached hydrogens (tertiary/aromatic N) is 2. The zero-order valence-corrected chi connectivity index (χ0v) is 7.92. The van der Waals surface area contributed by atoms with E-state index in [2.05, 4.69) is 14.7 Å². The van der Waals surface area contributed by atoms with Crippen molar-refractivity contribution >= 4 is 23.4 Å². The van der Waals surface area contributed by atoms with Crippen molar-refractivity contribution in [3.05, 3.63) is 16.5 Å². The van der Waals surface area contributed by atoms with Crippen molar-refractivity contribution in [2.24, 2.45) is 0 Å². The molecule has 0 unspecified atom stereocenters. The molecule has 0 radical (unpaired) electrons. The topological polar surface area (TPSA) is 78.1 Å². The number of hydrogen-bond acceptors (Lipinski definition) is 5. The van der Waals surface area contributed by atoms with Gasteiger partial charge in [0, 0.05) is 0 Å². The molecule has 1 heterocycles. The number of hydrogen-bond donors (Lipinski definition) is 1. The third kappa shape index (κ3) is 1.86. The van der Waals surface area contributed by atoms with E-state index in [0.29, 0.717) is 5.69 Å². The quantitative estimate of drug-likeness (QED) is 0.681. The summed E-state index contributed by atoms with van der Waals surface area (Å²) in [4.78, 5) is 18.6. The molecule has 0 atom stereocenters. The van der Waals surface area contributed by atoms with Crippen LogP contribution in [0.25, 0.3) is 0 Å². The van der Waals surface area contributed by atoms with Crippen molar-refractivity contribution in [1.29, 1.82) is 0 Å². The minimum atomic E-state index is -0.577. The van der Waals surface area contributed by atoms with Crippen molar-refractivity contribution in [2.75, 3.05) is 12.8 Å². The number of aromatic nitrogens is 2. The van der Waals surface area contributed by atoms with Crippen LogP contribution in [0.15, 0.2) is 0 Å². The Labute approximate surface area is 79.9 Å². The summed E-state index contributed by atoms with van der Waals surface area (Å²) in [6.07, 6.45) is 0. The van der Waals surface area contributed by atoms with E-state index < -0.39 is 5.97 Å². The molecule has 5 nitrogen and oxygen atoms in total. The fourth-order valence-corrected chi connectivity index (χ4v) is 0.933. The number of aryl methyl sites for hydroxylation is 1. The minimum Gasteiger partial charge on any atom is -0.464 e. The first kappa shape index (κ1) is 9.73. The summed E-state index contributed by atoms with van der Waals surface area (Å²) in [7, 11) is 1.26. The molecule has 0 aliphatic carbocycles. The van der Waals surface area contributed by atoms with Gasteiger partial charge in [0.1, 0.15) is 0 Å². The van der Waals surface area contributed by atoms with Crippen molar-refractivity contribution in [3.8, 4) is 0 Å². The largest absolute Gasteiger partial charge is 0.464 e. The number of nitrogens with two attached hydrogens (primary N) is 1. The third-order valence-corrected chi connectivity index (χ3v) is 1.71. The van der Waals surface area contributed by atoms with Crippen molar-refractivity contribution in [2.45, 2.75) is 6.92 Å². The summed E-state index contributed by atoms with van der Waals surface area (Å²) < 4.78 is 4.47. The summed E-state index contributed by atoms with van der Waals surface area (Å²) in [5.41, 5.74) is 5.86. The molecule has 0 fully saturated rings. The monoisotopic (exact) mass is 201 g/mol. The Balaban J connectivity index is 3.23. The molecule has 70 valence electrons. The van der Waals surface area contributed by atoms with E-state index in [1.807, 2.05) is 0 Å². The Morgan fingerprint density at radius 2 is 2.15 bits per heavy atom. The Kier molecular flexibility index (Phi) is 2.67. The maximum Gasteiger partial charge on any atom is 0.358 e. The van der Waals surface area contributed by atoms with E-state index in [-0.39, 0.29) is 16.7 Å². The molecule has 0 amide bonds. The van der Waals surface area contributed by atoms with Gasteiger partial charge in [-0.25, -0.2) is 14.8 Å². The lowest BCUT2D eigenvalue weighted by Crippen LogP contribution is -2.10. The summed E-state index contributed by atoms with van der Waals surface area (Å²) in [5.74, 6) is -0.473. The van der Waals surface area contributed by atoms with Crippen LogP contribution < -0.4 is 5.73 Å². The highest BCUT2D eigenvalue weighted by atomic mass is 35.5. The molecule has 1 rings (SSSR count). The van der Waals surface area contributed by atoms with E-state index in [1.165, 1.54) is 7.11 Å². The van der Waals surface area contributed by atoms with Gasteiger partial charge in [-0.05, 0) is 6.92 Å². The van der Waals surface area contributed by atoms with E-state index in [1.54, 1.807) is 6.92 Å². The highest BCUT2D eigenvalue weighted by molar-refractivity contribution is 6.31. The van der Waals surface area contributed by atoms with Gasteiger partial charge in [-0.1, -0.05) is 11.6 Å². The normalized spacial score (nSPS) is 9.77. The van der Waals surface area contributed by atoms with E-state index in [9.17, 15) is 4.79 Å². The van der Waals surface area contributed by atoms with Crippen molar-refractivity contribution in [1.82, 2.24) is 9.97 Å². The number of rotatable bonds is 1. The number of methoxy groups -OCH3 is 1. The van der Waals surface area contributed by atoms with Gasteiger partial charge < -0.3 is 10.5 Å². The summed E-state index contributed by atoms with van der Waals surface area (Å²) in [5, 5.41) is 0.00556. The van der Waals surface area contributed by atoms with E-state index >= 15 is 0 Å². The molecule has 0 aliphatic heterocycles. The molecule has 0 spiro atoms. The fraction of sp³-hybridized carbons (Fsp3) is 0.286. The first-order chi connectivity index (χ1) is 6.06. The molecule has 6 heteroatoms. The standard InChI is InChI=1S/C7H8ClN3O2/c1-3-4(7(12)13-2)11-5(8)6(9)10-3/h1-2H3,(H2,9,10). The molecule has 2 N–H and O–H groups in total. The highest BCUT2D eigenvalue weighted by Gasteiger charge is 2.14. The van der Waals surface area contributed by atoms with Crippen LogP contribution in [0, 0.1) is 6.92 Å². The number of carbonyl (C=O) groups is 1. The van der Waals surface area contributed by atoms with Crippen LogP contribution in [0.1, 0.15) is 16.2 Å². The third-order valence-electron chi connectivity index (χ3n) is 1.43. The minimum absolute atomic E-state index is 0.00556. The van der Waals surface area contributed by atoms with Gasteiger partial charge in [0.05, 0.1) is 12.8 Å². The van der Waals surface area contributed by atoms with Crippen molar-refractivity contribution in [3.63, 3.8) is 0 Å². The number of esters is 1. The smallest absolute Gasteiger partial charge is 0.358 e. The van der Waals surface area contributed by atoms with Crippen LogP contribution in [-0.4, -0.2) is 23.0 Å². The lowest BCUT2D eigenvalue weighted by Gasteiger charge is -2.03. The SMILES string of the molecule is COC(=O)c1nc(Cl)c(N)nc1C. The molecule has 0 bridgehead atoms. The number of ether oxygens (including phenoxy) is 1. The molecule has 1 aromatic rings. The predicted octanol–water partition coefficient (Wildman–Crippen LogP) is 0.807. The first-order valence-electron chi connectivity index (χ1n) is 3.44. The average Bonchev–Trinajstić information content (AvgIpc) is 2.10. The van der Waals surface area contributed by atoms with Gasteiger partial charge in [-0.3, -0.25) is 0 Å². The van der Waals surface area contributed by atoms with Gasteiger partial charge in [0.15, 0.2) is 16.7 Å². The molecule has 0 saturated heterocycles. The van der Waals surface area contributed by atoms with E-state index in [0.717, 1.165) is 0 Å². The molecule has 0 aromatic carbocycles. The molecule has 0 saturated carbocycles. The maximum atomic E-state index is 11.1. The fourth-order valence-electron chi connectivity index (χ4n) is 0.806. The van der Waals surface area contributed by atoms with Gasteiger partial charge in [-0.2, -0.15) is 0 Å². The zero-order valence-electron chi connectivity index (χ0n) is 7.17. The summed E-state index contributed by atoms with van der Waals surface area (Å²) in [6, 6.07) is 0. The first-order valence-corrected chi connectivity index (χ1v) is 3.82. The van der Waals surface area contributed by atoms with Gasteiger partial charge in [0.25, 0.3) is 0 Å². The summed E-state index contributed by atoms with van der Waals surface area (Å²) >= 11 is 5.58. The molecule has 0 aliphatic rings. The zero-order chi connectivity index (χ0) is 10.0. The highest BCUT2D eigenvalue weighted by Crippen LogP contribution is 2.15. The lowest BCUT2D eigenvalue weighted by molar-refractivity contribution is 0.0592. The van der Waals surface area contributed by atoms with Crippen LogP contribution in [0.3, 0.4) is 0 Å². The number of anilines is 1.